The minimum atomic E-state index is -0.158. The summed E-state index contributed by atoms with van der Waals surface area (Å²) in [5, 5.41) is 9.93. The predicted octanol–water partition coefficient (Wildman–Crippen LogP) is 1.90. The molecular weight excluding hydrogens is 147 g/mol. The van der Waals surface area contributed by atoms with Gasteiger partial charge >= 0.3 is 0 Å². The molecule has 8 heavy (non-hydrogen) atoms. The van der Waals surface area contributed by atoms with Gasteiger partial charge in [0.1, 0.15) is 0 Å². The highest BCUT2D eigenvalue weighted by atomic mass is 35.5. The van der Waals surface area contributed by atoms with Crippen molar-refractivity contribution in [3.63, 3.8) is 0 Å². The topological polar surface area (TPSA) is 19.9 Å². The lowest BCUT2D eigenvalue weighted by Crippen LogP contribution is -2.15. The number of hydrogen-bond donors (Lipinski definition) is 0. The molecule has 2 atom stereocenters. The second-order valence-corrected chi connectivity index (χ2v) is 2.68. The maximum absolute atomic E-state index is 10.1. The van der Waals surface area contributed by atoms with E-state index in [1.165, 1.54) is 0 Å². The Labute approximate surface area is 59.6 Å². The maximum atomic E-state index is 10.1. The Morgan fingerprint density at radius 2 is 2.12 bits per heavy atom. The highest BCUT2D eigenvalue weighted by Gasteiger charge is 2.11. The van der Waals surface area contributed by atoms with Crippen molar-refractivity contribution in [1.82, 2.24) is 0 Å². The van der Waals surface area contributed by atoms with Gasteiger partial charge in [-0.15, -0.1) is 23.2 Å². The molecule has 0 amide bonds. The molecule has 0 aromatic rings. The SMILES string of the molecule is CC(C[O])C(Cl)CCl. The lowest BCUT2D eigenvalue weighted by atomic mass is 10.1. The average Bonchev–Trinajstić information content (AvgIpc) is 1.84. The third-order valence-corrected chi connectivity index (χ3v) is 2.10. The molecule has 49 valence electrons. The zero-order valence-electron chi connectivity index (χ0n) is 4.73. The van der Waals surface area contributed by atoms with Gasteiger partial charge < -0.3 is 0 Å². The highest BCUT2D eigenvalue weighted by Crippen LogP contribution is 2.10. The molecule has 0 spiro atoms. The van der Waals surface area contributed by atoms with Gasteiger partial charge in [-0.1, -0.05) is 6.92 Å². The van der Waals surface area contributed by atoms with Crippen LogP contribution >= 0.6 is 23.2 Å². The van der Waals surface area contributed by atoms with Crippen LogP contribution in [0, 0.1) is 5.92 Å². The van der Waals surface area contributed by atoms with Gasteiger partial charge in [0.15, 0.2) is 0 Å². The molecule has 2 unspecified atom stereocenters. The second-order valence-electron chi connectivity index (χ2n) is 1.81. The van der Waals surface area contributed by atoms with E-state index >= 15 is 0 Å². The first-order valence-electron chi connectivity index (χ1n) is 2.50. The summed E-state index contributed by atoms with van der Waals surface area (Å²) in [6.07, 6.45) is 0. The van der Waals surface area contributed by atoms with Crippen LogP contribution in [-0.2, 0) is 5.11 Å². The second kappa shape index (κ2) is 4.42. The van der Waals surface area contributed by atoms with E-state index in [0.717, 1.165) is 0 Å². The molecule has 1 radical (unpaired) electrons. The van der Waals surface area contributed by atoms with Crippen LogP contribution < -0.4 is 0 Å². The summed E-state index contributed by atoms with van der Waals surface area (Å²) in [7, 11) is 0. The molecule has 0 aliphatic rings. The summed E-state index contributed by atoms with van der Waals surface area (Å²) in [5.41, 5.74) is 0. The van der Waals surface area contributed by atoms with E-state index in [0.29, 0.717) is 5.88 Å². The molecule has 0 aliphatic heterocycles. The van der Waals surface area contributed by atoms with Crippen molar-refractivity contribution in [2.75, 3.05) is 12.5 Å². The van der Waals surface area contributed by atoms with Crippen LogP contribution in [0.15, 0.2) is 0 Å². The Hall–Kier alpha value is 0.540. The Balaban J connectivity index is 3.29. The molecule has 0 heterocycles. The molecule has 0 N–H and O–H groups in total. The fourth-order valence-electron chi connectivity index (χ4n) is 0.256. The van der Waals surface area contributed by atoms with Gasteiger partial charge in [0.25, 0.3) is 0 Å². The van der Waals surface area contributed by atoms with Crippen LogP contribution in [0.25, 0.3) is 0 Å². The fourth-order valence-corrected chi connectivity index (χ4v) is 0.633. The lowest BCUT2D eigenvalue weighted by Gasteiger charge is -2.09. The normalized spacial score (nSPS) is 18.0. The largest absolute Gasteiger partial charge is 0.236 e. The molecule has 0 aromatic heterocycles. The number of halogens is 2. The van der Waals surface area contributed by atoms with Crippen molar-refractivity contribution in [2.24, 2.45) is 5.92 Å². The first kappa shape index (κ1) is 8.54. The van der Waals surface area contributed by atoms with E-state index in [9.17, 15) is 5.11 Å². The van der Waals surface area contributed by atoms with Gasteiger partial charge in [-0.25, -0.2) is 5.11 Å². The minimum absolute atomic E-state index is 0.00540. The van der Waals surface area contributed by atoms with E-state index in [1.807, 2.05) is 0 Å². The fraction of sp³-hybridized carbons (Fsp3) is 1.00. The van der Waals surface area contributed by atoms with Crippen LogP contribution in [0.5, 0.6) is 0 Å². The smallest absolute Gasteiger partial charge is 0.0862 e. The monoisotopic (exact) mass is 155 g/mol. The third kappa shape index (κ3) is 2.75. The van der Waals surface area contributed by atoms with E-state index in [1.54, 1.807) is 6.92 Å². The van der Waals surface area contributed by atoms with Crippen molar-refractivity contribution in [2.45, 2.75) is 12.3 Å². The van der Waals surface area contributed by atoms with Crippen molar-refractivity contribution >= 4 is 23.2 Å². The molecule has 0 aromatic carbocycles. The van der Waals surface area contributed by atoms with Gasteiger partial charge in [-0.2, -0.15) is 0 Å². The first-order chi connectivity index (χ1) is 3.72. The van der Waals surface area contributed by atoms with Crippen LogP contribution in [0.3, 0.4) is 0 Å². The van der Waals surface area contributed by atoms with Crippen molar-refractivity contribution in [3.05, 3.63) is 0 Å². The molecule has 0 saturated carbocycles. The van der Waals surface area contributed by atoms with Crippen molar-refractivity contribution < 1.29 is 5.11 Å². The molecular formula is C5H9Cl2O. The van der Waals surface area contributed by atoms with Gasteiger partial charge in [-0.3, -0.25) is 0 Å². The summed E-state index contributed by atoms with van der Waals surface area (Å²) < 4.78 is 0. The van der Waals surface area contributed by atoms with Crippen molar-refractivity contribution in [1.29, 1.82) is 0 Å². The maximum Gasteiger partial charge on any atom is 0.0862 e. The van der Waals surface area contributed by atoms with E-state index in [-0.39, 0.29) is 17.9 Å². The quantitative estimate of drug-likeness (QED) is 0.556. The molecule has 0 saturated heterocycles. The first-order valence-corrected chi connectivity index (χ1v) is 3.47. The zero-order valence-corrected chi connectivity index (χ0v) is 6.24. The number of alkyl halides is 2. The lowest BCUT2D eigenvalue weighted by molar-refractivity contribution is 0.151. The van der Waals surface area contributed by atoms with Gasteiger partial charge in [0, 0.05) is 11.8 Å². The van der Waals surface area contributed by atoms with E-state index in [4.69, 9.17) is 23.2 Å². The van der Waals surface area contributed by atoms with Gasteiger partial charge in [-0.05, 0) is 0 Å². The summed E-state index contributed by atoms with van der Waals surface area (Å²) in [5.74, 6) is 0.361. The predicted molar refractivity (Wildman–Crippen MR) is 35.1 cm³/mol. The molecule has 1 nitrogen and oxygen atoms in total. The van der Waals surface area contributed by atoms with Crippen LogP contribution in [0.2, 0.25) is 0 Å². The molecule has 0 rings (SSSR count). The van der Waals surface area contributed by atoms with Crippen LogP contribution in [-0.4, -0.2) is 17.9 Å². The molecule has 0 aliphatic carbocycles. The van der Waals surface area contributed by atoms with E-state index in [2.05, 4.69) is 0 Å². The molecule has 0 bridgehead atoms. The Morgan fingerprint density at radius 3 is 2.25 bits per heavy atom. The Bertz CT molecular complexity index is 50.4. The molecule has 0 fully saturated rings. The molecule has 3 heteroatoms. The minimum Gasteiger partial charge on any atom is -0.236 e. The third-order valence-electron chi connectivity index (χ3n) is 1.03. The van der Waals surface area contributed by atoms with Crippen molar-refractivity contribution in [3.8, 4) is 0 Å². The summed E-state index contributed by atoms with van der Waals surface area (Å²) in [6, 6.07) is 0. The average molecular weight is 156 g/mol. The van der Waals surface area contributed by atoms with Crippen LogP contribution in [0.1, 0.15) is 6.92 Å². The van der Waals surface area contributed by atoms with Gasteiger partial charge in [0.2, 0.25) is 0 Å². The summed E-state index contributed by atoms with van der Waals surface area (Å²) >= 11 is 10.9. The van der Waals surface area contributed by atoms with Gasteiger partial charge in [0.05, 0.1) is 12.0 Å². The number of rotatable bonds is 3. The van der Waals surface area contributed by atoms with Crippen LogP contribution in [0.4, 0.5) is 0 Å². The zero-order chi connectivity index (χ0) is 6.57. The Kier molecular flexibility index (Phi) is 4.72. The highest BCUT2D eigenvalue weighted by molar-refractivity contribution is 6.28. The Morgan fingerprint density at radius 1 is 1.62 bits per heavy atom. The standard InChI is InChI=1S/C5H9Cl2O/c1-4(3-8)5(7)2-6/h4-5H,2-3H2,1H3. The summed E-state index contributed by atoms with van der Waals surface area (Å²) in [6.45, 7) is 1.66. The number of hydrogen-bond acceptors (Lipinski definition) is 0. The summed E-state index contributed by atoms with van der Waals surface area (Å²) in [4.78, 5) is 0. The van der Waals surface area contributed by atoms with E-state index < -0.39 is 0 Å².